The molecule has 0 aliphatic carbocycles. The molecule has 6 heteroatoms. The number of aliphatic hydroxyl groups excluding tert-OH is 1. The first kappa shape index (κ1) is 14.7. The molecule has 0 aromatic carbocycles. The Labute approximate surface area is 117 Å². The second-order valence-electron chi connectivity index (χ2n) is 5.54. The number of carbonyl (C=O) groups is 1. The van der Waals surface area contributed by atoms with Crippen molar-refractivity contribution >= 4 is 5.91 Å². The number of aliphatic hydroxyl groups is 1. The van der Waals surface area contributed by atoms with Crippen LogP contribution in [0.5, 0.6) is 0 Å². The van der Waals surface area contributed by atoms with Crippen molar-refractivity contribution in [2.45, 2.75) is 39.7 Å². The quantitative estimate of drug-likeness (QED) is 0.825. The van der Waals surface area contributed by atoms with Gasteiger partial charge in [-0.3, -0.25) is 4.79 Å². The molecule has 1 aromatic heterocycles. The van der Waals surface area contributed by atoms with Gasteiger partial charge in [-0.05, 0) is 27.2 Å². The number of hydrogen-bond acceptors (Lipinski definition) is 4. The number of hydrogen-bond donors (Lipinski definition) is 2. The Kier molecular flexibility index (Phi) is 4.23. The standard InChI is InChI=1S/C14H21N3O3/c1-8-12(9(2)16-14(20)15-8)6-13(19)17-5-4-11(7-17)10(3)18/h10-11,18H,4-7H2,1-3H3,(H,15,16,20). The van der Waals surface area contributed by atoms with E-state index in [0.717, 1.165) is 12.0 Å². The predicted molar refractivity (Wildman–Crippen MR) is 74.4 cm³/mol. The van der Waals surface area contributed by atoms with Crippen molar-refractivity contribution in [2.24, 2.45) is 5.92 Å². The minimum absolute atomic E-state index is 0.0215. The van der Waals surface area contributed by atoms with Gasteiger partial charge in [0.25, 0.3) is 0 Å². The van der Waals surface area contributed by atoms with E-state index in [-0.39, 0.29) is 30.0 Å². The van der Waals surface area contributed by atoms with Crippen molar-refractivity contribution in [1.82, 2.24) is 14.9 Å². The molecule has 6 nitrogen and oxygen atoms in total. The average Bonchev–Trinajstić information content (AvgIpc) is 2.83. The largest absolute Gasteiger partial charge is 0.393 e. The Morgan fingerprint density at radius 1 is 1.55 bits per heavy atom. The minimum atomic E-state index is -0.383. The molecule has 0 bridgehead atoms. The predicted octanol–water partition coefficient (Wildman–Crippen LogP) is 0.159. The lowest BCUT2D eigenvalue weighted by Gasteiger charge is -2.18. The molecular weight excluding hydrogens is 258 g/mol. The minimum Gasteiger partial charge on any atom is -0.393 e. The fourth-order valence-corrected chi connectivity index (χ4v) is 2.69. The Bertz CT molecular complexity index is 539. The first-order valence-corrected chi connectivity index (χ1v) is 6.90. The topological polar surface area (TPSA) is 86.3 Å². The van der Waals surface area contributed by atoms with Gasteiger partial charge < -0.3 is 15.0 Å². The van der Waals surface area contributed by atoms with Gasteiger partial charge in [0.05, 0.1) is 12.5 Å². The first-order chi connectivity index (χ1) is 9.38. The zero-order valence-corrected chi connectivity index (χ0v) is 12.1. The van der Waals surface area contributed by atoms with Gasteiger partial charge in [-0.2, -0.15) is 4.98 Å². The summed E-state index contributed by atoms with van der Waals surface area (Å²) in [6, 6.07) is 0. The molecule has 2 rings (SSSR count). The van der Waals surface area contributed by atoms with Crippen LogP contribution in [0.15, 0.2) is 4.79 Å². The fourth-order valence-electron chi connectivity index (χ4n) is 2.69. The zero-order valence-electron chi connectivity index (χ0n) is 12.1. The lowest BCUT2D eigenvalue weighted by molar-refractivity contribution is -0.129. The molecule has 0 radical (unpaired) electrons. The molecular formula is C14H21N3O3. The van der Waals surface area contributed by atoms with Crippen LogP contribution in [0.3, 0.4) is 0 Å². The molecule has 20 heavy (non-hydrogen) atoms. The van der Waals surface area contributed by atoms with Crippen LogP contribution >= 0.6 is 0 Å². The van der Waals surface area contributed by atoms with Gasteiger partial charge in [0.2, 0.25) is 5.91 Å². The van der Waals surface area contributed by atoms with E-state index >= 15 is 0 Å². The van der Waals surface area contributed by atoms with Crippen LogP contribution < -0.4 is 5.69 Å². The first-order valence-electron chi connectivity index (χ1n) is 6.90. The van der Waals surface area contributed by atoms with Crippen LogP contribution in [0.2, 0.25) is 0 Å². The second-order valence-corrected chi connectivity index (χ2v) is 5.54. The van der Waals surface area contributed by atoms with Crippen LogP contribution in [0.4, 0.5) is 0 Å². The van der Waals surface area contributed by atoms with Gasteiger partial charge in [-0.1, -0.05) is 0 Å². The van der Waals surface area contributed by atoms with Crippen molar-refractivity contribution in [3.8, 4) is 0 Å². The maximum atomic E-state index is 12.3. The third-order valence-corrected chi connectivity index (χ3v) is 4.04. The summed E-state index contributed by atoms with van der Waals surface area (Å²) < 4.78 is 0. The van der Waals surface area contributed by atoms with Gasteiger partial charge in [0, 0.05) is 36.0 Å². The smallest absolute Gasteiger partial charge is 0.345 e. The lowest BCUT2D eigenvalue weighted by atomic mass is 10.0. The van der Waals surface area contributed by atoms with E-state index in [0.29, 0.717) is 24.5 Å². The van der Waals surface area contributed by atoms with Crippen LogP contribution in [0.1, 0.15) is 30.3 Å². The number of amides is 1. The van der Waals surface area contributed by atoms with E-state index in [1.54, 1.807) is 25.7 Å². The molecule has 1 aliphatic rings. The van der Waals surface area contributed by atoms with E-state index in [9.17, 15) is 14.7 Å². The van der Waals surface area contributed by atoms with E-state index in [2.05, 4.69) is 9.97 Å². The SMILES string of the molecule is Cc1nc(=O)[nH]c(C)c1CC(=O)N1CCC(C(C)O)C1. The van der Waals surface area contributed by atoms with Gasteiger partial charge in [0.1, 0.15) is 0 Å². The molecule has 1 amide bonds. The Morgan fingerprint density at radius 2 is 2.25 bits per heavy atom. The van der Waals surface area contributed by atoms with E-state index in [4.69, 9.17) is 0 Å². The second kappa shape index (κ2) is 5.75. The molecule has 2 N–H and O–H groups in total. The number of likely N-dealkylation sites (tertiary alicyclic amines) is 1. The molecule has 0 saturated carbocycles. The Morgan fingerprint density at radius 3 is 2.80 bits per heavy atom. The number of H-pyrrole nitrogens is 1. The van der Waals surface area contributed by atoms with Gasteiger partial charge in [-0.25, -0.2) is 4.79 Å². The maximum absolute atomic E-state index is 12.3. The molecule has 2 atom stereocenters. The summed E-state index contributed by atoms with van der Waals surface area (Å²) in [5.74, 6) is 0.183. The molecule has 1 aromatic rings. The van der Waals surface area contributed by atoms with E-state index in [1.165, 1.54) is 0 Å². The van der Waals surface area contributed by atoms with Crippen LogP contribution in [-0.2, 0) is 11.2 Å². The summed E-state index contributed by atoms with van der Waals surface area (Å²) in [7, 11) is 0. The third kappa shape index (κ3) is 3.07. The normalized spacial score (nSPS) is 20.2. The molecule has 1 saturated heterocycles. The number of nitrogens with one attached hydrogen (secondary N) is 1. The van der Waals surface area contributed by atoms with Gasteiger partial charge >= 0.3 is 5.69 Å². The summed E-state index contributed by atoms with van der Waals surface area (Å²) in [5, 5.41) is 9.57. The Hall–Kier alpha value is -1.69. The highest BCUT2D eigenvalue weighted by Gasteiger charge is 2.29. The highest BCUT2D eigenvalue weighted by Crippen LogP contribution is 2.21. The summed E-state index contributed by atoms with van der Waals surface area (Å²) in [5.41, 5.74) is 1.70. The molecule has 110 valence electrons. The molecule has 2 heterocycles. The monoisotopic (exact) mass is 279 g/mol. The van der Waals surface area contributed by atoms with Crippen molar-refractivity contribution in [3.63, 3.8) is 0 Å². The van der Waals surface area contributed by atoms with Crippen molar-refractivity contribution in [1.29, 1.82) is 0 Å². The zero-order chi connectivity index (χ0) is 14.9. The van der Waals surface area contributed by atoms with Crippen molar-refractivity contribution in [2.75, 3.05) is 13.1 Å². The number of rotatable bonds is 3. The molecule has 0 spiro atoms. The summed E-state index contributed by atoms with van der Waals surface area (Å²) in [4.78, 5) is 31.8. The van der Waals surface area contributed by atoms with Gasteiger partial charge in [0.15, 0.2) is 0 Å². The molecule has 1 fully saturated rings. The molecule has 2 unspecified atom stereocenters. The molecule has 1 aliphatic heterocycles. The van der Waals surface area contributed by atoms with E-state index in [1.807, 2.05) is 0 Å². The Balaban J connectivity index is 2.08. The van der Waals surface area contributed by atoms with Crippen molar-refractivity contribution < 1.29 is 9.90 Å². The summed E-state index contributed by atoms with van der Waals surface area (Å²) >= 11 is 0. The third-order valence-electron chi connectivity index (χ3n) is 4.04. The summed E-state index contributed by atoms with van der Waals surface area (Å²) in [6.07, 6.45) is 0.699. The number of aromatic nitrogens is 2. The number of nitrogens with zero attached hydrogens (tertiary/aromatic N) is 2. The highest BCUT2D eigenvalue weighted by molar-refractivity contribution is 5.79. The van der Waals surface area contributed by atoms with E-state index < -0.39 is 0 Å². The summed E-state index contributed by atoms with van der Waals surface area (Å²) in [6.45, 7) is 6.57. The highest BCUT2D eigenvalue weighted by atomic mass is 16.3. The van der Waals surface area contributed by atoms with Gasteiger partial charge in [-0.15, -0.1) is 0 Å². The number of aryl methyl sites for hydroxylation is 2. The van der Waals surface area contributed by atoms with Crippen LogP contribution in [-0.4, -0.2) is 45.1 Å². The lowest BCUT2D eigenvalue weighted by Crippen LogP contribution is -2.32. The van der Waals surface area contributed by atoms with Crippen LogP contribution in [0.25, 0.3) is 0 Å². The average molecular weight is 279 g/mol. The van der Waals surface area contributed by atoms with Crippen LogP contribution in [0, 0.1) is 19.8 Å². The maximum Gasteiger partial charge on any atom is 0.345 e. The fraction of sp³-hybridized carbons (Fsp3) is 0.643. The number of carbonyl (C=O) groups excluding carboxylic acids is 1. The van der Waals surface area contributed by atoms with Crippen molar-refractivity contribution in [3.05, 3.63) is 27.4 Å². The number of aromatic amines is 1.